The number of aliphatic hydroxyl groups is 1. The van der Waals surface area contributed by atoms with Crippen molar-refractivity contribution in [2.75, 3.05) is 19.7 Å². The summed E-state index contributed by atoms with van der Waals surface area (Å²) in [5.41, 5.74) is 0.825. The van der Waals surface area contributed by atoms with Gasteiger partial charge in [-0.15, -0.1) is 0 Å². The van der Waals surface area contributed by atoms with Gasteiger partial charge in [-0.2, -0.15) is 4.98 Å². The Morgan fingerprint density at radius 3 is 3.14 bits per heavy atom. The lowest BCUT2D eigenvalue weighted by molar-refractivity contribution is 0.107. The molecule has 2 aromatic rings. The second-order valence-corrected chi connectivity index (χ2v) is 5.84. The molecule has 1 fully saturated rings. The maximum absolute atomic E-state index is 13.2. The van der Waals surface area contributed by atoms with E-state index < -0.39 is 0 Å². The summed E-state index contributed by atoms with van der Waals surface area (Å²) in [6.45, 7) is 2.67. The molecule has 1 saturated heterocycles. The highest BCUT2D eigenvalue weighted by Crippen LogP contribution is 2.18. The van der Waals surface area contributed by atoms with Crippen LogP contribution in [0.1, 0.15) is 30.1 Å². The number of benzene rings is 1. The lowest BCUT2D eigenvalue weighted by Crippen LogP contribution is -2.36. The quantitative estimate of drug-likeness (QED) is 0.915. The van der Waals surface area contributed by atoms with Crippen LogP contribution in [-0.4, -0.2) is 39.8 Å². The number of aromatic nitrogens is 2. The molecular formula is C16H20FN3O2. The summed E-state index contributed by atoms with van der Waals surface area (Å²) in [5, 5.41) is 13.2. The first-order valence-corrected chi connectivity index (χ1v) is 7.62. The van der Waals surface area contributed by atoms with Crippen LogP contribution in [0.5, 0.6) is 0 Å². The van der Waals surface area contributed by atoms with Crippen molar-refractivity contribution in [1.29, 1.82) is 0 Å². The Morgan fingerprint density at radius 1 is 1.41 bits per heavy atom. The molecule has 0 saturated carbocycles. The molecule has 0 bridgehead atoms. The topological polar surface area (TPSA) is 62.4 Å². The molecule has 0 radical (unpaired) electrons. The third-order valence-electron chi connectivity index (χ3n) is 3.98. The van der Waals surface area contributed by atoms with Crippen molar-refractivity contribution in [2.45, 2.75) is 25.8 Å². The van der Waals surface area contributed by atoms with Crippen LogP contribution in [0.25, 0.3) is 0 Å². The normalized spacial score (nSPS) is 19.5. The lowest BCUT2D eigenvalue weighted by atomic mass is 9.99. The van der Waals surface area contributed by atoms with Crippen molar-refractivity contribution in [3.05, 3.63) is 47.4 Å². The van der Waals surface area contributed by atoms with Crippen molar-refractivity contribution in [3.8, 4) is 0 Å². The van der Waals surface area contributed by atoms with Crippen LogP contribution in [0.4, 0.5) is 4.39 Å². The molecule has 3 rings (SSSR count). The zero-order valence-electron chi connectivity index (χ0n) is 12.4. The third-order valence-corrected chi connectivity index (χ3v) is 3.98. The summed E-state index contributed by atoms with van der Waals surface area (Å²) in [5.74, 6) is 1.22. The molecule has 1 aliphatic rings. The third kappa shape index (κ3) is 3.90. The summed E-state index contributed by atoms with van der Waals surface area (Å²) >= 11 is 0. The number of rotatable bonds is 5. The van der Waals surface area contributed by atoms with E-state index in [1.807, 2.05) is 6.07 Å². The first-order valence-electron chi connectivity index (χ1n) is 7.62. The number of aliphatic hydroxyl groups excluding tert-OH is 1. The number of likely N-dealkylation sites (tertiary alicyclic amines) is 1. The van der Waals surface area contributed by atoms with Crippen LogP contribution >= 0.6 is 0 Å². The van der Waals surface area contributed by atoms with E-state index in [1.54, 1.807) is 6.07 Å². The van der Waals surface area contributed by atoms with Gasteiger partial charge in [0.05, 0.1) is 6.54 Å². The standard InChI is InChI=1S/C16H20FN3O2/c17-14-5-1-3-12(7-14)8-15-18-16(22-19-15)10-20-6-2-4-13(9-20)11-21/h1,3,5,7,13,21H,2,4,6,8-11H2/t13-/m1/s1. The fourth-order valence-corrected chi connectivity index (χ4v) is 2.89. The maximum Gasteiger partial charge on any atom is 0.240 e. The molecule has 6 heteroatoms. The molecule has 5 nitrogen and oxygen atoms in total. The Morgan fingerprint density at radius 2 is 2.32 bits per heavy atom. The Bertz CT molecular complexity index is 617. The van der Waals surface area contributed by atoms with E-state index in [-0.39, 0.29) is 12.4 Å². The highest BCUT2D eigenvalue weighted by atomic mass is 19.1. The second-order valence-electron chi connectivity index (χ2n) is 5.84. The summed E-state index contributed by atoms with van der Waals surface area (Å²) < 4.78 is 18.4. The van der Waals surface area contributed by atoms with Crippen molar-refractivity contribution in [1.82, 2.24) is 15.0 Å². The minimum Gasteiger partial charge on any atom is -0.396 e. The van der Waals surface area contributed by atoms with Crippen LogP contribution < -0.4 is 0 Å². The van der Waals surface area contributed by atoms with Gasteiger partial charge in [-0.3, -0.25) is 4.90 Å². The number of halogens is 1. The van der Waals surface area contributed by atoms with Gasteiger partial charge in [-0.25, -0.2) is 4.39 Å². The average Bonchev–Trinajstić information content (AvgIpc) is 2.94. The fraction of sp³-hybridized carbons (Fsp3) is 0.500. The zero-order chi connectivity index (χ0) is 15.4. The molecule has 0 amide bonds. The molecule has 2 heterocycles. The smallest absolute Gasteiger partial charge is 0.240 e. The second kappa shape index (κ2) is 6.98. The van der Waals surface area contributed by atoms with Crippen LogP contribution in [0.3, 0.4) is 0 Å². The van der Waals surface area contributed by atoms with Gasteiger partial charge in [0.25, 0.3) is 0 Å². The number of hydrogen-bond donors (Lipinski definition) is 1. The summed E-state index contributed by atoms with van der Waals surface area (Å²) in [6, 6.07) is 6.41. The zero-order valence-corrected chi connectivity index (χ0v) is 12.4. The van der Waals surface area contributed by atoms with Crippen LogP contribution in [0.15, 0.2) is 28.8 Å². The van der Waals surface area contributed by atoms with E-state index in [4.69, 9.17) is 4.52 Å². The Kier molecular flexibility index (Phi) is 4.80. The van der Waals surface area contributed by atoms with Crippen molar-refractivity contribution in [3.63, 3.8) is 0 Å². The van der Waals surface area contributed by atoms with Gasteiger partial charge in [0, 0.05) is 19.6 Å². The lowest BCUT2D eigenvalue weighted by Gasteiger charge is -2.30. The predicted octanol–water partition coefficient (Wildman–Crippen LogP) is 2.00. The molecule has 1 aromatic carbocycles. The van der Waals surface area contributed by atoms with E-state index in [1.165, 1.54) is 12.1 Å². The number of piperidine rings is 1. The molecule has 118 valence electrons. The molecule has 0 unspecified atom stereocenters. The molecule has 1 aromatic heterocycles. The molecule has 1 atom stereocenters. The van der Waals surface area contributed by atoms with Gasteiger partial charge in [0.2, 0.25) is 5.89 Å². The van der Waals surface area contributed by atoms with Crippen molar-refractivity contribution >= 4 is 0 Å². The van der Waals surface area contributed by atoms with Crippen LogP contribution in [-0.2, 0) is 13.0 Å². The highest BCUT2D eigenvalue weighted by molar-refractivity contribution is 5.19. The monoisotopic (exact) mass is 305 g/mol. The van der Waals surface area contributed by atoms with Gasteiger partial charge in [-0.05, 0) is 43.0 Å². The largest absolute Gasteiger partial charge is 0.396 e. The average molecular weight is 305 g/mol. The van der Waals surface area contributed by atoms with E-state index in [0.29, 0.717) is 30.6 Å². The van der Waals surface area contributed by atoms with Gasteiger partial charge < -0.3 is 9.63 Å². The Balaban J connectivity index is 1.59. The highest BCUT2D eigenvalue weighted by Gasteiger charge is 2.21. The number of nitrogens with zero attached hydrogens (tertiary/aromatic N) is 3. The predicted molar refractivity (Wildman–Crippen MR) is 78.6 cm³/mol. The van der Waals surface area contributed by atoms with E-state index in [0.717, 1.165) is 31.5 Å². The SMILES string of the molecule is OC[C@@H]1CCCN(Cc2nc(Cc3cccc(F)c3)no2)C1. The van der Waals surface area contributed by atoms with Crippen LogP contribution in [0.2, 0.25) is 0 Å². The van der Waals surface area contributed by atoms with E-state index in [2.05, 4.69) is 15.0 Å². The Labute approximate surface area is 128 Å². The molecular weight excluding hydrogens is 285 g/mol. The molecule has 1 aliphatic heterocycles. The van der Waals surface area contributed by atoms with Gasteiger partial charge in [0.15, 0.2) is 5.82 Å². The summed E-state index contributed by atoms with van der Waals surface area (Å²) in [6.07, 6.45) is 2.61. The minimum absolute atomic E-state index is 0.227. The molecule has 1 N–H and O–H groups in total. The summed E-state index contributed by atoms with van der Waals surface area (Å²) in [7, 11) is 0. The van der Waals surface area contributed by atoms with Crippen LogP contribution in [0, 0.1) is 11.7 Å². The van der Waals surface area contributed by atoms with Gasteiger partial charge in [-0.1, -0.05) is 17.3 Å². The van der Waals surface area contributed by atoms with E-state index in [9.17, 15) is 9.50 Å². The van der Waals surface area contributed by atoms with Crippen molar-refractivity contribution in [2.24, 2.45) is 5.92 Å². The van der Waals surface area contributed by atoms with Gasteiger partial charge in [0.1, 0.15) is 5.82 Å². The first kappa shape index (κ1) is 15.1. The number of hydrogen-bond acceptors (Lipinski definition) is 5. The summed E-state index contributed by atoms with van der Waals surface area (Å²) in [4.78, 5) is 6.60. The molecule has 0 spiro atoms. The van der Waals surface area contributed by atoms with E-state index >= 15 is 0 Å². The molecule has 0 aliphatic carbocycles. The van der Waals surface area contributed by atoms with Crippen molar-refractivity contribution < 1.29 is 14.0 Å². The fourth-order valence-electron chi connectivity index (χ4n) is 2.89. The maximum atomic E-state index is 13.2. The van der Waals surface area contributed by atoms with Gasteiger partial charge >= 0.3 is 0 Å². The first-order chi connectivity index (χ1) is 10.7. The molecule has 22 heavy (non-hydrogen) atoms. The Hall–Kier alpha value is -1.79. The minimum atomic E-state index is -0.260.